The van der Waals surface area contributed by atoms with E-state index in [1.165, 1.54) is 121 Å². The summed E-state index contributed by atoms with van der Waals surface area (Å²) < 4.78 is 38.5. The molecular formula is C91H127B10N15Rh5Si5-5. The van der Waals surface area contributed by atoms with Crippen LogP contribution in [0, 0.1) is 30.3 Å². The molecule has 0 bridgehead atoms. The van der Waals surface area contributed by atoms with Gasteiger partial charge in [-0.25, -0.2) is 0 Å². The van der Waals surface area contributed by atoms with Crippen molar-refractivity contribution in [3.8, 4) is 0 Å². The number of unbranched alkanes of at least 4 members (excludes halogenated alkanes) is 6. The zero-order valence-electron chi connectivity index (χ0n) is 77.0. The normalized spacial score (nSPS) is 15.3. The molecule has 10 aromatic rings. The molecule has 5 aliphatic heterocycles. The molecule has 5 heterocycles. The van der Waals surface area contributed by atoms with Gasteiger partial charge >= 0.3 is 69.8 Å². The van der Waals surface area contributed by atoms with E-state index >= 15 is 0 Å². The number of hydrogen-bond donors (Lipinski definition) is 0. The maximum atomic E-state index is 3.45. The first kappa shape index (κ1) is 110. The Labute approximate surface area is 842 Å². The minimum Gasteiger partial charge on any atom is -0.437 e. The summed E-state index contributed by atoms with van der Waals surface area (Å²) in [6, 6.07) is 113. The van der Waals surface area contributed by atoms with E-state index in [-0.39, 0.29) is 147 Å². The molecule has 0 saturated carbocycles. The maximum Gasteiger partial charge on any atom is 0.322 e. The number of hydrogen-bond acceptors (Lipinski definition) is 15. The first-order valence-corrected chi connectivity index (χ1v) is 50.1. The Morgan fingerprint density at radius 3 is 0.651 bits per heavy atom. The van der Waals surface area contributed by atoms with Crippen LogP contribution in [0.2, 0.25) is 68.2 Å². The summed E-state index contributed by atoms with van der Waals surface area (Å²) in [5.74, 6) is 0. The average molecular weight is 2190 g/mol. The van der Waals surface area contributed by atoms with Crippen LogP contribution in [0.1, 0.15) is 106 Å². The van der Waals surface area contributed by atoms with Gasteiger partial charge in [-0.3, -0.25) is 0 Å². The quantitative estimate of drug-likeness (QED) is 0.0310. The Balaban J connectivity index is 0.000000241. The van der Waals surface area contributed by atoms with Crippen molar-refractivity contribution in [2.24, 2.45) is 0 Å². The molecule has 35 heteroatoms. The van der Waals surface area contributed by atoms with Crippen molar-refractivity contribution in [1.29, 1.82) is 0 Å². The Morgan fingerprint density at radius 2 is 0.421 bits per heavy atom. The Hall–Kier alpha value is -5.15. The smallest absolute Gasteiger partial charge is 0.322 e. The van der Waals surface area contributed by atoms with Gasteiger partial charge in [-0.15, -0.1) is 30.3 Å². The van der Waals surface area contributed by atoms with Gasteiger partial charge in [0.1, 0.15) is 0 Å². The van der Waals surface area contributed by atoms with E-state index in [0.717, 1.165) is 26.2 Å². The zero-order chi connectivity index (χ0) is 85.6. The van der Waals surface area contributed by atoms with Gasteiger partial charge in [0.05, 0.1) is 0 Å². The number of anilines is 10. The van der Waals surface area contributed by atoms with Crippen LogP contribution >= 0.6 is 0 Å². The van der Waals surface area contributed by atoms with Crippen molar-refractivity contribution in [3.05, 3.63) is 303 Å². The first-order chi connectivity index (χ1) is 59.0. The van der Waals surface area contributed by atoms with Gasteiger partial charge in [0.25, 0.3) is 49.2 Å². The second kappa shape index (κ2) is 57.3. The molecule has 126 heavy (non-hydrogen) atoms. The van der Waals surface area contributed by atoms with Crippen molar-refractivity contribution in [2.75, 3.05) is 70.9 Å². The number of nitrogens with zero attached hydrogens (tertiary/aromatic N) is 15. The fourth-order valence-electron chi connectivity index (χ4n) is 17.4. The van der Waals surface area contributed by atoms with Crippen LogP contribution < -0.4 is 44.8 Å². The minimum absolute atomic E-state index is 0. The van der Waals surface area contributed by atoms with Crippen LogP contribution in [-0.4, -0.2) is 175 Å². The molecule has 15 rings (SSSR count). The average Bonchev–Trinajstić information content (AvgIpc) is 0.932. The standard InChI is InChI=1S/C20H29B2N3Si.C19H27B2N3Si.C18H25B2N3Si.2C17H23B2N3Si.5Rh/c1-4-5-6-13-18-23-21(2)24(19-14-9-7-10-15-19)26-25(22(23)3)20-16-11-8-12-17-20;1-4-5-12-17-22-20(2)23(18-13-8-6-9-14-18)25-24(21(22)3)19-15-10-7-11-16-19;1-4-5-16-21-19(2)22(17-12-8-6-9-13-17)24-23(20(21)3)18-14-10-7-11-15-18;1-15(2)20-18(3)21(16-11-7-5-8-12-16)23-22(19(20)4)17-13-9-6-10-14-17;1-4-15-20-18(2)21(16-11-7-5-8-12-16)23-22(19(20)3)17-13-9-6-10-14-17;;;;;/h7-12,14-16,26H,4-6,13,18H2,1-3H3;6-11,13-15,25H,4-5,12,17H2,1-3H3;6-14,24H,4-5,16H2,1-3H3;5-13,15,23H,1-4H3;5-13,23H,4,15H2,1-3H3;;;;;/q5*-1;;;;;. The molecule has 0 N–H and O–H groups in total. The van der Waals surface area contributed by atoms with Crippen molar-refractivity contribution >= 4 is 176 Å². The summed E-state index contributed by atoms with van der Waals surface area (Å²) in [5, 5.41) is 0. The molecule has 15 nitrogen and oxygen atoms in total. The van der Waals surface area contributed by atoms with Gasteiger partial charge < -0.3 is 68.4 Å². The monoisotopic (exact) mass is 2190 g/mol. The Bertz CT molecular complexity index is 4260. The van der Waals surface area contributed by atoms with Gasteiger partial charge in [0.2, 0.25) is 0 Å². The minimum atomic E-state index is -0.0266. The van der Waals surface area contributed by atoms with Crippen molar-refractivity contribution in [2.45, 2.75) is 180 Å². The second-order valence-electron chi connectivity index (χ2n) is 32.5. The van der Waals surface area contributed by atoms with Gasteiger partial charge in [0.15, 0.2) is 0 Å². The van der Waals surface area contributed by atoms with E-state index in [1.54, 1.807) is 0 Å². The van der Waals surface area contributed by atoms with E-state index in [0.29, 0.717) is 75.9 Å². The van der Waals surface area contributed by atoms with Crippen LogP contribution in [0.4, 0.5) is 56.9 Å². The molecule has 10 radical (unpaired) electrons. The van der Waals surface area contributed by atoms with E-state index in [2.05, 4.69) is 421 Å². The summed E-state index contributed by atoms with van der Waals surface area (Å²) in [4.78, 5) is 0. The van der Waals surface area contributed by atoms with Gasteiger partial charge in [-0.2, -0.15) is 121 Å². The van der Waals surface area contributed by atoms with E-state index in [4.69, 9.17) is 0 Å². The van der Waals surface area contributed by atoms with Crippen LogP contribution in [0.15, 0.2) is 273 Å². The number of para-hydroxylation sites is 10. The maximum absolute atomic E-state index is 3.45. The molecule has 0 atom stereocenters. The van der Waals surface area contributed by atoms with Crippen LogP contribution in [0.25, 0.3) is 0 Å². The van der Waals surface area contributed by atoms with Crippen molar-refractivity contribution < 1.29 is 97.4 Å². The third-order valence-corrected chi connectivity index (χ3v) is 33.9. The summed E-state index contributed by atoms with van der Waals surface area (Å²) >= 11 is 0. The number of rotatable bonds is 25. The molecule has 10 aromatic carbocycles. The first-order valence-electron chi connectivity index (χ1n) is 45.0. The fourth-order valence-corrected chi connectivity index (χ4v) is 25.3. The third-order valence-electron chi connectivity index (χ3n) is 24.2. The molecule has 666 valence electrons. The summed E-state index contributed by atoms with van der Waals surface area (Å²) in [5.41, 5.74) is 12.6. The molecule has 5 aliphatic rings. The second-order valence-corrected chi connectivity index (χ2v) is 39.2. The molecule has 0 spiro atoms. The zero-order valence-corrected chi connectivity index (χ0v) is 91.0. The molecule has 5 saturated heterocycles. The molecule has 0 aliphatic carbocycles. The van der Waals surface area contributed by atoms with Crippen LogP contribution in [0.3, 0.4) is 0 Å². The third kappa shape index (κ3) is 29.4. The Kier molecular flexibility index (Phi) is 49.9. The van der Waals surface area contributed by atoms with E-state index in [9.17, 15) is 0 Å². The summed E-state index contributed by atoms with van der Waals surface area (Å²) in [7, 11) is -0.0950. The van der Waals surface area contributed by atoms with Crippen LogP contribution in [0.5, 0.6) is 0 Å². The van der Waals surface area contributed by atoms with Crippen molar-refractivity contribution in [3.63, 3.8) is 0 Å². The van der Waals surface area contributed by atoms with E-state index < -0.39 is 0 Å². The topological polar surface area (TPSA) is 48.6 Å². The van der Waals surface area contributed by atoms with Gasteiger partial charge in [-0.1, -0.05) is 268 Å². The number of benzene rings is 10. The SMILES string of the molecule is CB1N(c2[c-]cccc2)[SiH]N(c2ccccc2)B(C)N1C(C)C.CCCCCCN1B(C)N(c2[c-]cccc2)[SiH]N(c2ccccc2)B1C.CCCCCN1B(C)N(c2[c-]cccc2)[SiH]N(c2ccccc2)B1C.CCCCN1B(C)N(c2[c-]cccc2)[SiH]N(c2ccccc2)B1C.CCCN1B(C)N(c2[c-]cccc2)[SiH]N(c2ccccc2)B1C.[Rh].[Rh].[Rh].[Rh].[Rh]. The van der Waals surface area contributed by atoms with E-state index in [1.807, 2.05) is 60.7 Å². The molecule has 0 unspecified atom stereocenters. The molecule has 0 amide bonds. The van der Waals surface area contributed by atoms with Gasteiger partial charge in [0, 0.05) is 126 Å². The summed E-state index contributed by atoms with van der Waals surface area (Å²) in [6.45, 7) is 45.6. The van der Waals surface area contributed by atoms with Crippen LogP contribution in [-0.2, 0) is 97.4 Å². The summed E-state index contributed by atoms with van der Waals surface area (Å²) in [6.07, 6.45) is 12.7. The molecular weight excluding hydrogens is 2070 g/mol. The fraction of sp³-hybridized carbons (Fsp3) is 0.341. The van der Waals surface area contributed by atoms with Gasteiger partial charge in [-0.05, 0) is 119 Å². The predicted molar refractivity (Wildman–Crippen MR) is 548 cm³/mol. The predicted octanol–water partition coefficient (Wildman–Crippen LogP) is 17.5. The molecule has 5 fully saturated rings. The van der Waals surface area contributed by atoms with Crippen molar-refractivity contribution in [1.82, 2.24) is 23.6 Å². The largest absolute Gasteiger partial charge is 0.437 e. The Morgan fingerprint density at radius 1 is 0.222 bits per heavy atom. The molecule has 0 aromatic heterocycles.